The van der Waals surface area contributed by atoms with Crippen molar-refractivity contribution in [1.29, 1.82) is 0 Å². The van der Waals surface area contributed by atoms with Gasteiger partial charge in [-0.25, -0.2) is 0 Å². The van der Waals surface area contributed by atoms with Gasteiger partial charge < -0.3 is 10.6 Å². The lowest BCUT2D eigenvalue weighted by Crippen LogP contribution is -2.36. The summed E-state index contributed by atoms with van der Waals surface area (Å²) in [5.41, 5.74) is 0.948. The van der Waals surface area contributed by atoms with Crippen LogP contribution in [0.1, 0.15) is 31.7 Å². The van der Waals surface area contributed by atoms with E-state index >= 15 is 0 Å². The van der Waals surface area contributed by atoms with Gasteiger partial charge in [0, 0.05) is 25.0 Å². The van der Waals surface area contributed by atoms with E-state index in [0.29, 0.717) is 24.5 Å². The molecule has 0 aliphatic rings. The Bertz CT molecular complexity index is 432. The first-order valence-corrected chi connectivity index (χ1v) is 6.70. The molecule has 0 radical (unpaired) electrons. The standard InChI is InChI=1S/C14H19ClN2O2/c1-3-13(11-4-6-12(15)7-5-11)14(19)17-9-8-16-10(2)18/h4-7,13H,3,8-9H2,1-2H3,(H,16,18)(H,17,19). The van der Waals surface area contributed by atoms with E-state index in [-0.39, 0.29) is 17.7 Å². The van der Waals surface area contributed by atoms with Crippen molar-refractivity contribution >= 4 is 23.4 Å². The third-order valence-electron chi connectivity index (χ3n) is 2.80. The molecule has 0 heterocycles. The quantitative estimate of drug-likeness (QED) is 0.785. The molecule has 0 saturated carbocycles. The Kier molecular flexibility index (Phi) is 6.36. The monoisotopic (exact) mass is 282 g/mol. The highest BCUT2D eigenvalue weighted by Gasteiger charge is 2.17. The Morgan fingerprint density at radius 1 is 1.16 bits per heavy atom. The molecule has 0 bridgehead atoms. The van der Waals surface area contributed by atoms with Crippen LogP contribution in [0.5, 0.6) is 0 Å². The van der Waals surface area contributed by atoms with Gasteiger partial charge >= 0.3 is 0 Å². The second-order valence-electron chi connectivity index (χ2n) is 4.29. The average molecular weight is 283 g/mol. The van der Waals surface area contributed by atoms with Crippen LogP contribution in [0.25, 0.3) is 0 Å². The van der Waals surface area contributed by atoms with E-state index in [4.69, 9.17) is 11.6 Å². The first-order valence-electron chi connectivity index (χ1n) is 6.32. The highest BCUT2D eigenvalue weighted by molar-refractivity contribution is 6.30. The summed E-state index contributed by atoms with van der Waals surface area (Å²) in [5, 5.41) is 6.11. The van der Waals surface area contributed by atoms with E-state index in [0.717, 1.165) is 5.56 Å². The second kappa shape index (κ2) is 7.79. The SMILES string of the molecule is CCC(C(=O)NCCNC(C)=O)c1ccc(Cl)cc1. The Labute approximate surface area is 118 Å². The molecule has 0 aromatic heterocycles. The summed E-state index contributed by atoms with van der Waals surface area (Å²) >= 11 is 5.83. The van der Waals surface area contributed by atoms with Crippen LogP contribution >= 0.6 is 11.6 Å². The van der Waals surface area contributed by atoms with E-state index in [2.05, 4.69) is 10.6 Å². The zero-order valence-corrected chi connectivity index (χ0v) is 12.0. The van der Waals surface area contributed by atoms with Crippen molar-refractivity contribution in [3.63, 3.8) is 0 Å². The lowest BCUT2D eigenvalue weighted by Gasteiger charge is -2.15. The van der Waals surface area contributed by atoms with Crippen molar-refractivity contribution in [2.24, 2.45) is 0 Å². The van der Waals surface area contributed by atoms with Crippen molar-refractivity contribution in [3.05, 3.63) is 34.9 Å². The largest absolute Gasteiger partial charge is 0.355 e. The van der Waals surface area contributed by atoms with Gasteiger partial charge in [-0.05, 0) is 24.1 Å². The predicted octanol–water partition coefficient (Wildman–Crippen LogP) is 2.09. The Morgan fingerprint density at radius 3 is 2.26 bits per heavy atom. The fraction of sp³-hybridized carbons (Fsp3) is 0.429. The topological polar surface area (TPSA) is 58.2 Å². The van der Waals surface area contributed by atoms with E-state index in [1.165, 1.54) is 6.92 Å². The van der Waals surface area contributed by atoms with Crippen LogP contribution in [-0.4, -0.2) is 24.9 Å². The molecule has 4 nitrogen and oxygen atoms in total. The van der Waals surface area contributed by atoms with E-state index in [1.54, 1.807) is 12.1 Å². The van der Waals surface area contributed by atoms with Gasteiger partial charge in [0.2, 0.25) is 11.8 Å². The normalized spacial score (nSPS) is 11.7. The molecule has 2 amide bonds. The Balaban J connectivity index is 2.52. The fourth-order valence-electron chi connectivity index (χ4n) is 1.81. The molecule has 1 aromatic carbocycles. The fourth-order valence-corrected chi connectivity index (χ4v) is 1.94. The molecule has 1 unspecified atom stereocenters. The number of benzene rings is 1. The minimum Gasteiger partial charge on any atom is -0.355 e. The zero-order chi connectivity index (χ0) is 14.3. The predicted molar refractivity (Wildman–Crippen MR) is 76.2 cm³/mol. The maximum absolute atomic E-state index is 12.0. The summed E-state index contributed by atoms with van der Waals surface area (Å²) in [5.74, 6) is -0.316. The van der Waals surface area contributed by atoms with Crippen molar-refractivity contribution in [1.82, 2.24) is 10.6 Å². The van der Waals surface area contributed by atoms with E-state index in [9.17, 15) is 9.59 Å². The zero-order valence-electron chi connectivity index (χ0n) is 11.2. The first kappa shape index (κ1) is 15.5. The molecule has 2 N–H and O–H groups in total. The maximum Gasteiger partial charge on any atom is 0.227 e. The van der Waals surface area contributed by atoms with Gasteiger partial charge in [-0.3, -0.25) is 9.59 Å². The summed E-state index contributed by atoms with van der Waals surface area (Å²) in [6.45, 7) is 4.29. The summed E-state index contributed by atoms with van der Waals surface area (Å²) in [7, 11) is 0. The summed E-state index contributed by atoms with van der Waals surface area (Å²) in [6.07, 6.45) is 0.716. The number of rotatable bonds is 6. The maximum atomic E-state index is 12.0. The summed E-state index contributed by atoms with van der Waals surface area (Å²) in [4.78, 5) is 22.7. The van der Waals surface area contributed by atoms with Crippen LogP contribution in [0, 0.1) is 0 Å². The number of hydrogen-bond donors (Lipinski definition) is 2. The van der Waals surface area contributed by atoms with Crippen LogP contribution in [0.15, 0.2) is 24.3 Å². The molecule has 19 heavy (non-hydrogen) atoms. The van der Waals surface area contributed by atoms with Gasteiger partial charge in [-0.15, -0.1) is 0 Å². The van der Waals surface area contributed by atoms with E-state index < -0.39 is 0 Å². The molecule has 0 spiro atoms. The lowest BCUT2D eigenvalue weighted by molar-refractivity contribution is -0.123. The molecule has 0 saturated heterocycles. The first-order chi connectivity index (χ1) is 9.04. The molecule has 1 atom stereocenters. The summed E-state index contributed by atoms with van der Waals surface area (Å²) in [6, 6.07) is 7.29. The minimum atomic E-state index is -0.186. The van der Waals surface area contributed by atoms with Gasteiger partial charge in [0.1, 0.15) is 0 Å². The molecule has 0 aliphatic carbocycles. The van der Waals surface area contributed by atoms with Crippen LogP contribution in [-0.2, 0) is 9.59 Å². The van der Waals surface area contributed by atoms with E-state index in [1.807, 2.05) is 19.1 Å². The molecular weight excluding hydrogens is 264 g/mol. The van der Waals surface area contributed by atoms with Crippen LogP contribution in [0.3, 0.4) is 0 Å². The van der Waals surface area contributed by atoms with Gasteiger partial charge in [-0.2, -0.15) is 0 Å². The van der Waals surface area contributed by atoms with Crippen molar-refractivity contribution in [3.8, 4) is 0 Å². The van der Waals surface area contributed by atoms with Gasteiger partial charge in [-0.1, -0.05) is 30.7 Å². The molecule has 104 valence electrons. The van der Waals surface area contributed by atoms with Crippen molar-refractivity contribution in [2.45, 2.75) is 26.2 Å². The highest BCUT2D eigenvalue weighted by atomic mass is 35.5. The number of carbonyl (C=O) groups excluding carboxylic acids is 2. The van der Waals surface area contributed by atoms with Crippen LogP contribution in [0.2, 0.25) is 5.02 Å². The molecule has 0 aliphatic heterocycles. The van der Waals surface area contributed by atoms with Gasteiger partial charge in [0.15, 0.2) is 0 Å². The lowest BCUT2D eigenvalue weighted by atomic mass is 9.96. The average Bonchev–Trinajstić information content (AvgIpc) is 2.37. The Morgan fingerprint density at radius 2 is 1.74 bits per heavy atom. The molecule has 5 heteroatoms. The third kappa shape index (κ3) is 5.30. The van der Waals surface area contributed by atoms with Crippen LogP contribution < -0.4 is 10.6 Å². The number of halogens is 1. The summed E-state index contributed by atoms with van der Waals surface area (Å²) < 4.78 is 0. The third-order valence-corrected chi connectivity index (χ3v) is 3.05. The smallest absolute Gasteiger partial charge is 0.227 e. The Hall–Kier alpha value is -1.55. The number of hydrogen-bond acceptors (Lipinski definition) is 2. The molecule has 1 aromatic rings. The van der Waals surface area contributed by atoms with Crippen molar-refractivity contribution < 1.29 is 9.59 Å². The highest BCUT2D eigenvalue weighted by Crippen LogP contribution is 2.21. The second-order valence-corrected chi connectivity index (χ2v) is 4.72. The van der Waals surface area contributed by atoms with Gasteiger partial charge in [0.05, 0.1) is 5.92 Å². The number of amides is 2. The molecule has 1 rings (SSSR count). The number of carbonyl (C=O) groups is 2. The molecular formula is C14H19ClN2O2. The van der Waals surface area contributed by atoms with Crippen LogP contribution in [0.4, 0.5) is 0 Å². The minimum absolute atomic E-state index is 0.0322. The molecule has 0 fully saturated rings. The van der Waals surface area contributed by atoms with Gasteiger partial charge in [0.25, 0.3) is 0 Å². The number of nitrogens with one attached hydrogen (secondary N) is 2. The van der Waals surface area contributed by atoms with Crippen molar-refractivity contribution in [2.75, 3.05) is 13.1 Å².